The number of aryl methyl sites for hydroxylation is 1. The van der Waals surface area contributed by atoms with Gasteiger partial charge >= 0.3 is 6.09 Å². The van der Waals surface area contributed by atoms with Crippen LogP contribution in [0, 0.1) is 6.92 Å². The number of nitrogens with zero attached hydrogens (tertiary/aromatic N) is 3. The van der Waals surface area contributed by atoms with E-state index in [2.05, 4.69) is 0 Å². The monoisotopic (exact) mass is 498 g/mol. The van der Waals surface area contributed by atoms with Crippen LogP contribution >= 0.6 is 35.6 Å². The molecule has 1 aromatic carbocycles. The van der Waals surface area contributed by atoms with Gasteiger partial charge in [-0.3, -0.25) is 9.78 Å². The number of hydrogen-bond donors (Lipinski definition) is 1. The lowest BCUT2D eigenvalue weighted by Crippen LogP contribution is -2.39. The van der Waals surface area contributed by atoms with E-state index in [0.717, 1.165) is 16.8 Å². The molecule has 2 N–H and O–H groups in total. The minimum absolute atomic E-state index is 0. The van der Waals surface area contributed by atoms with Gasteiger partial charge in [-0.2, -0.15) is 0 Å². The molecule has 32 heavy (non-hydrogen) atoms. The number of amides is 2. The summed E-state index contributed by atoms with van der Waals surface area (Å²) in [6.45, 7) is 5.61. The van der Waals surface area contributed by atoms with Gasteiger partial charge in [0.25, 0.3) is 5.91 Å². The summed E-state index contributed by atoms with van der Waals surface area (Å²) < 4.78 is 5.10. The van der Waals surface area contributed by atoms with Crippen molar-refractivity contribution in [2.24, 2.45) is 5.73 Å². The van der Waals surface area contributed by atoms with Crippen LogP contribution in [-0.4, -0.2) is 52.5 Å². The summed E-state index contributed by atoms with van der Waals surface area (Å²) in [5.74, 6) is -0.117. The van der Waals surface area contributed by atoms with Gasteiger partial charge < -0.3 is 20.3 Å². The van der Waals surface area contributed by atoms with E-state index in [9.17, 15) is 9.59 Å². The molecule has 10 heteroatoms. The Morgan fingerprint density at radius 3 is 2.72 bits per heavy atom. The highest BCUT2D eigenvalue weighted by molar-refractivity contribution is 6.36. The molecule has 172 valence electrons. The third-order valence-corrected chi connectivity index (χ3v) is 6.46. The van der Waals surface area contributed by atoms with Crippen molar-refractivity contribution in [3.8, 4) is 11.1 Å². The highest BCUT2D eigenvalue weighted by atomic mass is 35.5. The predicted molar refractivity (Wildman–Crippen MR) is 126 cm³/mol. The first-order valence-corrected chi connectivity index (χ1v) is 11.0. The first-order chi connectivity index (χ1) is 14.8. The first kappa shape index (κ1) is 24.6. The van der Waals surface area contributed by atoms with Gasteiger partial charge in [0.15, 0.2) is 0 Å². The van der Waals surface area contributed by atoms with Gasteiger partial charge in [0.1, 0.15) is 0 Å². The number of ether oxygens (including phenoxy) is 1. The van der Waals surface area contributed by atoms with Gasteiger partial charge in [0.05, 0.1) is 30.5 Å². The summed E-state index contributed by atoms with van der Waals surface area (Å²) in [4.78, 5) is 33.8. The SMILES string of the molecule is CCOC(=O)N1CCC(N2Cc3nc(C)c(CN)c(-c4ccc(Cl)cc4Cl)c3C2=O)C1.Cl. The summed E-state index contributed by atoms with van der Waals surface area (Å²) in [5, 5.41) is 0.971. The number of likely N-dealkylation sites (tertiary alicyclic amines) is 1. The van der Waals surface area contributed by atoms with Crippen LogP contribution in [0.4, 0.5) is 4.79 Å². The number of pyridine rings is 1. The highest BCUT2D eigenvalue weighted by Crippen LogP contribution is 2.40. The molecular formula is C22H25Cl3N4O3. The third kappa shape index (κ3) is 4.27. The van der Waals surface area contributed by atoms with Gasteiger partial charge in [-0.1, -0.05) is 29.3 Å². The fraction of sp³-hybridized carbons (Fsp3) is 0.409. The van der Waals surface area contributed by atoms with Crippen molar-refractivity contribution in [1.82, 2.24) is 14.8 Å². The van der Waals surface area contributed by atoms with Crippen molar-refractivity contribution >= 4 is 47.6 Å². The summed E-state index contributed by atoms with van der Waals surface area (Å²) in [5.41, 5.74) is 10.3. The van der Waals surface area contributed by atoms with E-state index < -0.39 is 0 Å². The average molecular weight is 500 g/mol. The second-order valence-electron chi connectivity index (χ2n) is 7.72. The quantitative estimate of drug-likeness (QED) is 0.672. The summed E-state index contributed by atoms with van der Waals surface area (Å²) >= 11 is 12.6. The minimum atomic E-state index is -0.345. The molecule has 7 nitrogen and oxygen atoms in total. The van der Waals surface area contributed by atoms with Crippen LogP contribution in [0.2, 0.25) is 10.0 Å². The summed E-state index contributed by atoms with van der Waals surface area (Å²) in [6.07, 6.45) is 0.348. The van der Waals surface area contributed by atoms with E-state index in [1.807, 2.05) is 13.0 Å². The molecule has 4 rings (SSSR count). The molecule has 2 aliphatic rings. The molecule has 1 unspecified atom stereocenters. The molecule has 0 saturated carbocycles. The zero-order valence-corrected chi connectivity index (χ0v) is 20.2. The van der Waals surface area contributed by atoms with E-state index in [-0.39, 0.29) is 37.0 Å². The lowest BCUT2D eigenvalue weighted by atomic mass is 9.93. The highest BCUT2D eigenvalue weighted by Gasteiger charge is 2.41. The van der Waals surface area contributed by atoms with Gasteiger partial charge in [0, 0.05) is 46.5 Å². The Morgan fingerprint density at radius 1 is 1.31 bits per heavy atom. The number of carbonyl (C=O) groups excluding carboxylic acids is 2. The minimum Gasteiger partial charge on any atom is -0.450 e. The van der Waals surface area contributed by atoms with Crippen molar-refractivity contribution in [2.75, 3.05) is 19.7 Å². The van der Waals surface area contributed by atoms with E-state index >= 15 is 0 Å². The molecule has 0 aliphatic carbocycles. The average Bonchev–Trinajstić information content (AvgIpc) is 3.32. The fourth-order valence-electron chi connectivity index (χ4n) is 4.43. The van der Waals surface area contributed by atoms with Gasteiger partial charge in [-0.25, -0.2) is 4.79 Å². The summed E-state index contributed by atoms with van der Waals surface area (Å²) in [7, 11) is 0. The van der Waals surface area contributed by atoms with Crippen molar-refractivity contribution in [1.29, 1.82) is 0 Å². The molecule has 2 aliphatic heterocycles. The number of carbonyl (C=O) groups is 2. The molecule has 3 heterocycles. The summed E-state index contributed by atoms with van der Waals surface area (Å²) in [6, 6.07) is 5.12. The molecule has 1 atom stereocenters. The third-order valence-electron chi connectivity index (χ3n) is 5.91. The molecule has 0 bridgehead atoms. The number of halogens is 3. The van der Waals surface area contributed by atoms with Crippen LogP contribution in [0.25, 0.3) is 11.1 Å². The number of aromatic nitrogens is 1. The lowest BCUT2D eigenvalue weighted by molar-refractivity contribution is 0.0696. The van der Waals surface area contributed by atoms with Gasteiger partial charge in [-0.15, -0.1) is 12.4 Å². The van der Waals surface area contributed by atoms with Crippen molar-refractivity contribution in [2.45, 2.75) is 39.4 Å². The molecule has 2 aromatic rings. The predicted octanol–water partition coefficient (Wildman–Crippen LogP) is 4.43. The van der Waals surface area contributed by atoms with Gasteiger partial charge in [0.2, 0.25) is 0 Å². The largest absolute Gasteiger partial charge is 0.450 e. The molecule has 1 aromatic heterocycles. The van der Waals surface area contributed by atoms with Crippen LogP contribution in [0.15, 0.2) is 18.2 Å². The second-order valence-corrected chi connectivity index (χ2v) is 8.56. The van der Waals surface area contributed by atoms with Crippen molar-refractivity contribution in [3.05, 3.63) is 50.8 Å². The molecule has 0 radical (unpaired) electrons. The molecule has 1 saturated heterocycles. The number of rotatable bonds is 4. The molecule has 1 fully saturated rings. The van der Waals surface area contributed by atoms with E-state index in [0.29, 0.717) is 59.5 Å². The van der Waals surface area contributed by atoms with Crippen LogP contribution in [0.1, 0.15) is 40.7 Å². The number of benzene rings is 1. The maximum absolute atomic E-state index is 13.6. The Hall–Kier alpha value is -2.06. The second kappa shape index (κ2) is 9.83. The standard InChI is InChI=1S/C22H24Cl2N4O3.ClH/c1-3-31-22(30)27-7-6-14(10-27)28-11-18-20(21(28)29)19(16(9-25)12(2)26-18)15-5-4-13(23)8-17(15)24;/h4-5,8,14H,3,6-7,9-11,25H2,1-2H3;1H. The maximum atomic E-state index is 13.6. The lowest BCUT2D eigenvalue weighted by Gasteiger charge is -2.24. The zero-order chi connectivity index (χ0) is 22.3. The maximum Gasteiger partial charge on any atom is 0.409 e. The fourth-order valence-corrected chi connectivity index (χ4v) is 4.94. The van der Waals surface area contributed by atoms with Crippen molar-refractivity contribution < 1.29 is 14.3 Å². The Kier molecular flexibility index (Phi) is 7.55. The molecular weight excluding hydrogens is 475 g/mol. The Bertz CT molecular complexity index is 1060. The van der Waals surface area contributed by atoms with E-state index in [1.54, 1.807) is 28.9 Å². The Morgan fingerprint density at radius 2 is 2.06 bits per heavy atom. The van der Waals surface area contributed by atoms with Crippen molar-refractivity contribution in [3.63, 3.8) is 0 Å². The van der Waals surface area contributed by atoms with Gasteiger partial charge in [-0.05, 0) is 38.0 Å². The first-order valence-electron chi connectivity index (χ1n) is 10.3. The smallest absolute Gasteiger partial charge is 0.409 e. The molecule has 2 amide bonds. The number of nitrogens with two attached hydrogens (primary N) is 1. The number of fused-ring (bicyclic) bond motifs is 1. The Labute approximate surface area is 203 Å². The van der Waals surface area contributed by atoms with E-state index in [4.69, 9.17) is 38.7 Å². The van der Waals surface area contributed by atoms with E-state index in [1.165, 1.54) is 0 Å². The Balaban J connectivity index is 0.00000289. The number of hydrogen-bond acceptors (Lipinski definition) is 5. The van der Waals surface area contributed by atoms with Crippen LogP contribution in [0.5, 0.6) is 0 Å². The molecule has 0 spiro atoms. The topological polar surface area (TPSA) is 88.8 Å². The normalized spacial score (nSPS) is 17.4. The van der Waals surface area contributed by atoms with Crippen LogP contribution in [0.3, 0.4) is 0 Å². The van der Waals surface area contributed by atoms with Crippen LogP contribution in [-0.2, 0) is 17.8 Å². The zero-order valence-electron chi connectivity index (χ0n) is 17.9. The van der Waals surface area contributed by atoms with Crippen LogP contribution < -0.4 is 5.73 Å².